The molecule has 2 saturated carbocycles. The van der Waals surface area contributed by atoms with E-state index in [4.69, 9.17) is 10.5 Å². The minimum Gasteiger partial charge on any atom is -0.487 e. The van der Waals surface area contributed by atoms with Crippen LogP contribution in [0.1, 0.15) is 77.8 Å². The molecule has 2 aliphatic heterocycles. The summed E-state index contributed by atoms with van der Waals surface area (Å²) in [6.07, 6.45) is 13.2. The zero-order valence-corrected chi connectivity index (χ0v) is 22.9. The predicted molar refractivity (Wildman–Crippen MR) is 145 cm³/mol. The molecule has 37 heavy (non-hydrogen) atoms. The number of guanidine groups is 1. The Morgan fingerprint density at radius 1 is 1.24 bits per heavy atom. The number of terminal acetylenes is 1. The number of ether oxygens (including phenoxy) is 2. The number of nitrogens with two attached hydrogens (primary N) is 1. The molecule has 2 heterocycles. The summed E-state index contributed by atoms with van der Waals surface area (Å²) in [6.45, 7) is 9.09. The molecule has 8 heteroatoms. The molecule has 2 fully saturated rings. The molecule has 1 aromatic rings. The van der Waals surface area contributed by atoms with Crippen molar-refractivity contribution in [3.8, 4) is 18.6 Å². The molecule has 1 aromatic carbocycles. The Labute approximate surface area is 221 Å². The molecule has 2 aliphatic carbocycles. The van der Waals surface area contributed by atoms with Gasteiger partial charge in [0.15, 0.2) is 5.96 Å². The topological polar surface area (TPSA) is 106 Å². The number of hydrogen-bond acceptors (Lipinski definition) is 6. The lowest BCUT2D eigenvalue weighted by Crippen LogP contribution is -2.52. The third kappa shape index (κ3) is 6.27. The highest BCUT2D eigenvalue weighted by atomic mass is 16.5. The van der Waals surface area contributed by atoms with E-state index in [-0.39, 0.29) is 40.7 Å². The fraction of sp³-hybridized carbons (Fsp3) is 0.621. The second-order valence-corrected chi connectivity index (χ2v) is 11.4. The molecular formula is C29H42N4O4. The van der Waals surface area contributed by atoms with Crippen molar-refractivity contribution < 1.29 is 19.1 Å². The van der Waals surface area contributed by atoms with Gasteiger partial charge in [-0.25, -0.2) is 4.99 Å². The van der Waals surface area contributed by atoms with Crippen LogP contribution in [0.3, 0.4) is 0 Å². The van der Waals surface area contributed by atoms with Crippen molar-refractivity contribution in [1.29, 1.82) is 0 Å². The maximum atomic E-state index is 13.2. The van der Waals surface area contributed by atoms with Crippen LogP contribution in [0.25, 0.3) is 0 Å². The number of nitrogens with zero attached hydrogens (tertiary/aromatic N) is 2. The van der Waals surface area contributed by atoms with Crippen molar-refractivity contribution in [1.82, 2.24) is 10.2 Å². The summed E-state index contributed by atoms with van der Waals surface area (Å²) < 4.78 is 10.8. The number of carbonyl (C=O) groups is 2. The number of aliphatic imine (C=N–C) groups is 1. The first-order valence-electron chi connectivity index (χ1n) is 13.1. The number of benzene rings is 1. The maximum Gasteiger partial charge on any atom is 0.231 e. The van der Waals surface area contributed by atoms with Gasteiger partial charge in [-0.05, 0) is 57.9 Å². The average Bonchev–Trinajstić information content (AvgIpc) is 3.52. The first-order chi connectivity index (χ1) is 17.5. The minimum atomic E-state index is -0.465. The van der Waals surface area contributed by atoms with Crippen molar-refractivity contribution in [2.24, 2.45) is 22.1 Å². The number of methoxy groups -OCH3 is 1. The SMILES string of the molecule is C#C.CC1(C)CC(=O)N(C[C@@]2(C)CC2C(=O)NC2CC3(CCC3)Oc3ccccc32)C(N)=N1.CCOC. The number of rotatable bonds is 5. The smallest absolute Gasteiger partial charge is 0.231 e. The molecule has 8 nitrogen and oxygen atoms in total. The van der Waals surface area contributed by atoms with Gasteiger partial charge < -0.3 is 20.5 Å². The molecule has 2 amide bonds. The molecule has 2 unspecified atom stereocenters. The average molecular weight is 511 g/mol. The van der Waals surface area contributed by atoms with Crippen molar-refractivity contribution in [2.45, 2.75) is 83.4 Å². The quantitative estimate of drug-likeness (QED) is 0.586. The molecule has 5 rings (SSSR count). The number of nitrogens with one attached hydrogen (secondary N) is 1. The van der Waals surface area contributed by atoms with Crippen LogP contribution in [0.5, 0.6) is 5.75 Å². The summed E-state index contributed by atoms with van der Waals surface area (Å²) >= 11 is 0. The lowest BCUT2D eigenvalue weighted by Gasteiger charge is -2.48. The summed E-state index contributed by atoms with van der Waals surface area (Å²) in [5, 5.41) is 3.30. The van der Waals surface area contributed by atoms with E-state index in [1.807, 2.05) is 45.0 Å². The summed E-state index contributed by atoms with van der Waals surface area (Å²) in [5.74, 6) is 1.06. The summed E-state index contributed by atoms with van der Waals surface area (Å²) in [4.78, 5) is 31.9. The Morgan fingerprint density at radius 3 is 2.46 bits per heavy atom. The largest absolute Gasteiger partial charge is 0.487 e. The molecule has 0 bridgehead atoms. The molecule has 202 valence electrons. The highest BCUT2D eigenvalue weighted by molar-refractivity contribution is 5.99. The van der Waals surface area contributed by atoms with Crippen LogP contribution in [-0.2, 0) is 14.3 Å². The van der Waals surface area contributed by atoms with Crippen LogP contribution in [-0.4, -0.2) is 54.1 Å². The Bertz CT molecular complexity index is 1040. The molecule has 0 saturated heterocycles. The van der Waals surface area contributed by atoms with Gasteiger partial charge in [0.2, 0.25) is 11.8 Å². The van der Waals surface area contributed by atoms with Gasteiger partial charge in [0.1, 0.15) is 11.4 Å². The van der Waals surface area contributed by atoms with Crippen LogP contribution in [0.4, 0.5) is 0 Å². The first-order valence-corrected chi connectivity index (χ1v) is 13.1. The van der Waals surface area contributed by atoms with Gasteiger partial charge in [0, 0.05) is 38.2 Å². The number of fused-ring (bicyclic) bond motifs is 1. The van der Waals surface area contributed by atoms with E-state index >= 15 is 0 Å². The monoisotopic (exact) mass is 510 g/mol. The second-order valence-electron chi connectivity index (χ2n) is 11.4. The maximum absolute atomic E-state index is 13.2. The number of hydrogen-bond donors (Lipinski definition) is 2. The van der Waals surface area contributed by atoms with Crippen LogP contribution in [0, 0.1) is 24.2 Å². The highest BCUT2D eigenvalue weighted by Crippen LogP contribution is 2.54. The van der Waals surface area contributed by atoms with Gasteiger partial charge in [-0.3, -0.25) is 14.5 Å². The van der Waals surface area contributed by atoms with Gasteiger partial charge in [-0.1, -0.05) is 25.1 Å². The number of carbonyl (C=O) groups excluding carboxylic acids is 2. The van der Waals surface area contributed by atoms with E-state index in [2.05, 4.69) is 34.8 Å². The van der Waals surface area contributed by atoms with E-state index in [1.54, 1.807) is 12.0 Å². The molecule has 0 aromatic heterocycles. The third-order valence-electron chi connectivity index (χ3n) is 7.83. The second kappa shape index (κ2) is 11.1. The standard InChI is InChI=1S/C24H32N4O3.C3H8O.C2H2/c1-22(2)13-19(29)28(21(25)27-22)14-23(3)11-16(23)20(30)26-17-12-24(9-6-10-24)31-18-8-5-4-7-15(17)18;1-3-4-2;1-2/h4-5,7-8,16-17H,6,9-14H2,1-3H3,(H2,25,27)(H,26,30);3H2,1-2H3;1-2H/t16?,17?,23-;;/m1../s1. The Morgan fingerprint density at radius 2 is 1.89 bits per heavy atom. The normalized spacial score (nSPS) is 28.0. The van der Waals surface area contributed by atoms with Crippen LogP contribution < -0.4 is 15.8 Å². The Kier molecular flexibility index (Phi) is 8.59. The van der Waals surface area contributed by atoms with Crippen molar-refractivity contribution >= 4 is 17.8 Å². The summed E-state index contributed by atoms with van der Waals surface area (Å²) in [7, 11) is 1.68. The van der Waals surface area contributed by atoms with Crippen molar-refractivity contribution in [2.75, 3.05) is 20.3 Å². The van der Waals surface area contributed by atoms with E-state index in [1.165, 1.54) is 6.42 Å². The zero-order valence-electron chi connectivity index (χ0n) is 22.9. The van der Waals surface area contributed by atoms with E-state index in [0.29, 0.717) is 13.0 Å². The lowest BCUT2D eigenvalue weighted by atomic mass is 9.73. The molecule has 3 atom stereocenters. The van der Waals surface area contributed by atoms with Gasteiger partial charge in [0.05, 0.1) is 18.0 Å². The third-order valence-corrected chi connectivity index (χ3v) is 7.83. The van der Waals surface area contributed by atoms with Crippen molar-refractivity contribution in [3.63, 3.8) is 0 Å². The van der Waals surface area contributed by atoms with Gasteiger partial charge >= 0.3 is 0 Å². The number of amides is 2. The summed E-state index contributed by atoms with van der Waals surface area (Å²) in [6, 6.07) is 7.99. The van der Waals surface area contributed by atoms with Crippen molar-refractivity contribution in [3.05, 3.63) is 29.8 Å². The fourth-order valence-electron chi connectivity index (χ4n) is 5.42. The van der Waals surface area contributed by atoms with Gasteiger partial charge in [-0.15, -0.1) is 12.8 Å². The van der Waals surface area contributed by atoms with Gasteiger partial charge in [0.25, 0.3) is 0 Å². The van der Waals surface area contributed by atoms with Crippen LogP contribution in [0.15, 0.2) is 29.3 Å². The van der Waals surface area contributed by atoms with E-state index < -0.39 is 5.54 Å². The Balaban J connectivity index is 0.000000580. The predicted octanol–water partition coefficient (Wildman–Crippen LogP) is 3.80. The van der Waals surface area contributed by atoms with E-state index in [0.717, 1.165) is 43.6 Å². The first kappa shape index (κ1) is 28.5. The van der Waals surface area contributed by atoms with E-state index in [9.17, 15) is 9.59 Å². The molecule has 3 N–H and O–H groups in total. The molecular weight excluding hydrogens is 468 g/mol. The molecule has 1 spiro atoms. The summed E-state index contributed by atoms with van der Waals surface area (Å²) in [5.41, 5.74) is 6.28. The lowest BCUT2D eigenvalue weighted by molar-refractivity contribution is -0.131. The van der Waals surface area contributed by atoms with Gasteiger partial charge in [-0.2, -0.15) is 0 Å². The number of para-hydroxylation sites is 1. The molecule has 4 aliphatic rings. The fourth-order valence-corrected chi connectivity index (χ4v) is 5.42. The highest BCUT2D eigenvalue weighted by Gasteiger charge is 2.57. The minimum absolute atomic E-state index is 0.0185. The van der Waals surface area contributed by atoms with Crippen LogP contribution in [0.2, 0.25) is 0 Å². The van der Waals surface area contributed by atoms with Crippen LogP contribution >= 0.6 is 0 Å². The zero-order chi connectivity index (χ0) is 27.4. The molecule has 0 radical (unpaired) electrons. The Hall–Kier alpha value is -3.05.